The molecule has 1 aromatic heterocycles. The predicted molar refractivity (Wildman–Crippen MR) is 125 cm³/mol. The maximum Gasteiger partial charge on any atom is 0.280 e. The van der Waals surface area contributed by atoms with Gasteiger partial charge in [0.05, 0.1) is 29.1 Å². The molecule has 3 aromatic carbocycles. The number of methoxy groups -OCH3 is 1. The number of carbonyl (C=O) groups is 3. The summed E-state index contributed by atoms with van der Waals surface area (Å²) in [6, 6.07) is 18.1. The van der Waals surface area contributed by atoms with Crippen LogP contribution in [0.3, 0.4) is 0 Å². The number of aromatic nitrogens is 2. The predicted octanol–water partition coefficient (Wildman–Crippen LogP) is 2.30. The highest BCUT2D eigenvalue weighted by Gasteiger charge is 2.36. The van der Waals surface area contributed by atoms with Crippen LogP contribution in [0.15, 0.2) is 71.5 Å². The number of hydrogen-bond acceptors (Lipinski definition) is 7. The zero-order chi connectivity index (χ0) is 24.5. The molecular weight excluding hydrogens is 452 g/mol. The summed E-state index contributed by atoms with van der Waals surface area (Å²) < 4.78 is 10.9. The van der Waals surface area contributed by atoms with Crippen molar-refractivity contribution in [1.29, 1.82) is 0 Å². The highest BCUT2D eigenvalue weighted by atomic mass is 16.5. The third-order valence-corrected chi connectivity index (χ3v) is 5.44. The van der Waals surface area contributed by atoms with E-state index in [1.54, 1.807) is 54.6 Å². The number of hydrogen-bond donors (Lipinski definition) is 2. The molecule has 3 amide bonds. The minimum atomic E-state index is -0.703. The van der Waals surface area contributed by atoms with Crippen molar-refractivity contribution in [3.05, 3.63) is 88.2 Å². The Morgan fingerprint density at radius 2 is 1.63 bits per heavy atom. The van der Waals surface area contributed by atoms with Gasteiger partial charge in [-0.1, -0.05) is 24.3 Å². The molecule has 0 fully saturated rings. The third kappa shape index (κ3) is 3.97. The molecule has 4 aromatic rings. The normalized spacial score (nSPS) is 12.5. The number of carbonyl (C=O) groups excluding carboxylic acids is 3. The number of para-hydroxylation sites is 1. The van der Waals surface area contributed by atoms with Gasteiger partial charge in [0.2, 0.25) is 0 Å². The monoisotopic (exact) mass is 470 g/mol. The molecule has 0 saturated heterocycles. The summed E-state index contributed by atoms with van der Waals surface area (Å²) in [7, 11) is 1.43. The first-order valence-corrected chi connectivity index (χ1v) is 10.5. The Hall–Kier alpha value is -4.99. The van der Waals surface area contributed by atoms with Gasteiger partial charge in [0.25, 0.3) is 23.3 Å². The Kier molecular flexibility index (Phi) is 5.46. The van der Waals surface area contributed by atoms with Crippen molar-refractivity contribution in [2.45, 2.75) is 0 Å². The molecule has 0 spiro atoms. The van der Waals surface area contributed by atoms with Gasteiger partial charge in [-0.25, -0.2) is 4.98 Å². The minimum Gasteiger partial charge on any atom is -0.493 e. The van der Waals surface area contributed by atoms with Gasteiger partial charge in [-0.3, -0.25) is 24.6 Å². The lowest BCUT2D eigenvalue weighted by Crippen LogP contribution is -2.47. The zero-order valence-electron chi connectivity index (χ0n) is 18.4. The molecule has 0 radical (unpaired) electrons. The lowest BCUT2D eigenvalue weighted by molar-refractivity contribution is -0.126. The Morgan fingerprint density at radius 1 is 0.943 bits per heavy atom. The molecular formula is C25H18N4O6. The van der Waals surface area contributed by atoms with Crippen molar-refractivity contribution in [2.75, 3.05) is 13.7 Å². The van der Waals surface area contributed by atoms with Crippen molar-refractivity contribution in [3.63, 3.8) is 0 Å². The van der Waals surface area contributed by atoms with E-state index in [9.17, 15) is 19.2 Å². The number of fused-ring (bicyclic) bond motifs is 2. The van der Waals surface area contributed by atoms with Crippen LogP contribution in [-0.2, 0) is 4.79 Å². The lowest BCUT2D eigenvalue weighted by atomic mass is 10.1. The molecule has 0 saturated carbocycles. The molecule has 174 valence electrons. The van der Waals surface area contributed by atoms with Gasteiger partial charge < -0.3 is 14.5 Å². The van der Waals surface area contributed by atoms with E-state index in [2.05, 4.69) is 15.4 Å². The van der Waals surface area contributed by atoms with E-state index in [4.69, 9.17) is 9.47 Å². The fourth-order valence-electron chi connectivity index (χ4n) is 3.75. The van der Waals surface area contributed by atoms with Gasteiger partial charge in [0, 0.05) is 5.56 Å². The van der Waals surface area contributed by atoms with E-state index in [1.165, 1.54) is 19.2 Å². The SMILES string of the molecule is COc1cc(-c2nc3ccccc3c(=O)[nH]2)ccc1OCC(=O)NN1C(=O)c2ccccc2C1=O. The van der Waals surface area contributed by atoms with E-state index in [0.29, 0.717) is 33.0 Å². The number of nitrogens with zero attached hydrogens (tertiary/aromatic N) is 2. The highest BCUT2D eigenvalue weighted by molar-refractivity contribution is 6.21. The van der Waals surface area contributed by atoms with Crippen molar-refractivity contribution in [1.82, 2.24) is 20.4 Å². The number of benzene rings is 3. The topological polar surface area (TPSA) is 131 Å². The molecule has 1 aliphatic rings. The summed E-state index contributed by atoms with van der Waals surface area (Å²) in [5.74, 6) is -1.03. The number of ether oxygens (including phenoxy) is 2. The quantitative estimate of drug-likeness (QED) is 0.414. The standard InChI is InChI=1S/C25H18N4O6/c1-34-20-12-14(22-26-18-9-5-4-8-17(18)23(31)27-22)10-11-19(20)35-13-21(30)28-29-24(32)15-6-2-3-7-16(15)25(29)33/h2-12H,13H2,1H3,(H,28,30)(H,26,27,31). The van der Waals surface area contributed by atoms with Crippen LogP contribution in [0.2, 0.25) is 0 Å². The van der Waals surface area contributed by atoms with E-state index in [0.717, 1.165) is 0 Å². The second-order valence-corrected chi connectivity index (χ2v) is 7.61. The largest absolute Gasteiger partial charge is 0.493 e. The van der Waals surface area contributed by atoms with Crippen LogP contribution in [0.5, 0.6) is 11.5 Å². The molecule has 0 unspecified atom stereocenters. The molecule has 0 aliphatic carbocycles. The molecule has 2 heterocycles. The van der Waals surface area contributed by atoms with Gasteiger partial charge in [-0.2, -0.15) is 5.01 Å². The van der Waals surface area contributed by atoms with Crippen LogP contribution in [0.25, 0.3) is 22.3 Å². The molecule has 5 rings (SSSR count). The molecule has 10 heteroatoms. The second kappa shape index (κ2) is 8.75. The number of rotatable bonds is 6. The van der Waals surface area contributed by atoms with Gasteiger partial charge in [0.1, 0.15) is 5.82 Å². The van der Waals surface area contributed by atoms with Crippen LogP contribution in [-0.4, -0.2) is 46.4 Å². The summed E-state index contributed by atoms with van der Waals surface area (Å²) in [5, 5.41) is 1.14. The summed E-state index contributed by atoms with van der Waals surface area (Å²) in [4.78, 5) is 56.8. The summed E-state index contributed by atoms with van der Waals surface area (Å²) in [6.07, 6.45) is 0. The fraction of sp³-hybridized carbons (Fsp3) is 0.0800. The summed E-state index contributed by atoms with van der Waals surface area (Å²) in [6.45, 7) is -0.478. The summed E-state index contributed by atoms with van der Waals surface area (Å²) in [5.41, 5.74) is 3.57. The van der Waals surface area contributed by atoms with E-state index in [-0.39, 0.29) is 22.4 Å². The van der Waals surface area contributed by atoms with Crippen LogP contribution in [0.4, 0.5) is 0 Å². The number of H-pyrrole nitrogens is 1. The maximum atomic E-state index is 12.4. The van der Waals surface area contributed by atoms with Crippen LogP contribution in [0.1, 0.15) is 20.7 Å². The summed E-state index contributed by atoms with van der Waals surface area (Å²) >= 11 is 0. The first-order chi connectivity index (χ1) is 17.0. The highest BCUT2D eigenvalue weighted by Crippen LogP contribution is 2.31. The zero-order valence-corrected chi connectivity index (χ0v) is 18.4. The van der Waals surface area contributed by atoms with Crippen LogP contribution < -0.4 is 20.5 Å². The Labute approximate surface area is 198 Å². The van der Waals surface area contributed by atoms with Crippen LogP contribution >= 0.6 is 0 Å². The van der Waals surface area contributed by atoms with Crippen LogP contribution in [0, 0.1) is 0 Å². The number of hydrazine groups is 1. The maximum absolute atomic E-state index is 12.4. The Morgan fingerprint density at radius 3 is 2.34 bits per heavy atom. The molecule has 35 heavy (non-hydrogen) atoms. The number of amides is 3. The first-order valence-electron chi connectivity index (χ1n) is 10.5. The fourth-order valence-corrected chi connectivity index (χ4v) is 3.75. The number of aromatic amines is 1. The first kappa shape index (κ1) is 21.8. The van der Waals surface area contributed by atoms with E-state index in [1.807, 2.05) is 0 Å². The van der Waals surface area contributed by atoms with E-state index < -0.39 is 24.3 Å². The van der Waals surface area contributed by atoms with Gasteiger partial charge in [-0.15, -0.1) is 0 Å². The second-order valence-electron chi connectivity index (χ2n) is 7.61. The van der Waals surface area contributed by atoms with Crippen molar-refractivity contribution >= 4 is 28.6 Å². The van der Waals surface area contributed by atoms with Gasteiger partial charge in [-0.05, 0) is 42.5 Å². The van der Waals surface area contributed by atoms with Gasteiger partial charge >= 0.3 is 0 Å². The lowest BCUT2D eigenvalue weighted by Gasteiger charge is -2.16. The molecule has 1 aliphatic heterocycles. The third-order valence-electron chi connectivity index (χ3n) is 5.44. The average molecular weight is 470 g/mol. The minimum absolute atomic E-state index is 0.219. The number of nitrogens with one attached hydrogen (secondary N) is 2. The van der Waals surface area contributed by atoms with E-state index >= 15 is 0 Å². The number of imide groups is 1. The van der Waals surface area contributed by atoms with Crippen molar-refractivity contribution in [2.24, 2.45) is 0 Å². The molecule has 10 nitrogen and oxygen atoms in total. The Balaban J connectivity index is 1.30. The molecule has 2 N–H and O–H groups in total. The van der Waals surface area contributed by atoms with Crippen molar-refractivity contribution < 1.29 is 23.9 Å². The smallest absolute Gasteiger partial charge is 0.280 e. The molecule has 0 atom stereocenters. The van der Waals surface area contributed by atoms with Crippen molar-refractivity contribution in [3.8, 4) is 22.9 Å². The molecule has 0 bridgehead atoms. The average Bonchev–Trinajstić information content (AvgIpc) is 3.12. The Bertz CT molecular complexity index is 1530. The van der Waals surface area contributed by atoms with Gasteiger partial charge in [0.15, 0.2) is 18.1 Å².